The molecule has 0 spiro atoms. The minimum atomic E-state index is -0.467. The van der Waals surface area contributed by atoms with Gasteiger partial charge in [0.15, 0.2) is 0 Å². The van der Waals surface area contributed by atoms with Gasteiger partial charge in [0.1, 0.15) is 5.69 Å². The molecule has 1 aromatic carbocycles. The zero-order valence-electron chi connectivity index (χ0n) is 14.4. The zero-order chi connectivity index (χ0) is 18.0. The Morgan fingerprint density at radius 2 is 2.16 bits per heavy atom. The number of nitrogens with zero attached hydrogens (tertiary/aromatic N) is 3. The van der Waals surface area contributed by atoms with Crippen molar-refractivity contribution in [1.29, 1.82) is 0 Å². The average molecular weight is 342 g/mol. The summed E-state index contributed by atoms with van der Waals surface area (Å²) >= 11 is 0. The molecule has 3 rings (SSSR count). The zero-order valence-corrected chi connectivity index (χ0v) is 14.4. The van der Waals surface area contributed by atoms with Crippen LogP contribution in [0.3, 0.4) is 0 Å². The molecule has 1 aromatic heterocycles. The van der Waals surface area contributed by atoms with Crippen LogP contribution >= 0.6 is 0 Å². The molecule has 25 heavy (non-hydrogen) atoms. The Balaban J connectivity index is 1.73. The normalized spacial score (nSPS) is 17.6. The summed E-state index contributed by atoms with van der Waals surface area (Å²) in [5, 5.41) is 13.9. The van der Waals surface area contributed by atoms with Crippen molar-refractivity contribution in [2.75, 3.05) is 18.4 Å². The number of carbonyl (C=O) groups excluding carboxylic acids is 1. The standard InChI is InChI=1S/C18H22N4O3/c1-13-6-3-7-16(22(24)25)18(13)19-17(23)12-21-11-5-9-15(21)14-8-4-10-20(14)2/h3-4,6-8,10,15H,5,9,11-12H2,1-2H3,(H,19,23)/t15-/m0/s1. The first-order valence-electron chi connectivity index (χ1n) is 8.36. The molecule has 132 valence electrons. The number of aryl methyl sites for hydroxylation is 2. The van der Waals surface area contributed by atoms with Gasteiger partial charge in [-0.15, -0.1) is 0 Å². The number of amides is 1. The minimum absolute atomic E-state index is 0.0752. The summed E-state index contributed by atoms with van der Waals surface area (Å²) < 4.78 is 2.08. The molecule has 1 fully saturated rings. The van der Waals surface area contributed by atoms with Crippen LogP contribution in [0.15, 0.2) is 36.5 Å². The molecule has 2 aromatic rings. The van der Waals surface area contributed by atoms with E-state index in [9.17, 15) is 14.9 Å². The fraction of sp³-hybridized carbons (Fsp3) is 0.389. The lowest BCUT2D eigenvalue weighted by Crippen LogP contribution is -2.33. The number of para-hydroxylation sites is 1. The van der Waals surface area contributed by atoms with Gasteiger partial charge in [-0.05, 0) is 44.0 Å². The summed E-state index contributed by atoms with van der Waals surface area (Å²) in [6, 6.07) is 9.07. The van der Waals surface area contributed by atoms with E-state index in [2.05, 4.69) is 20.9 Å². The molecule has 1 N–H and O–H groups in total. The number of carbonyl (C=O) groups is 1. The number of likely N-dealkylation sites (tertiary alicyclic amines) is 1. The maximum atomic E-state index is 12.5. The molecular formula is C18H22N4O3. The molecule has 7 nitrogen and oxygen atoms in total. The van der Waals surface area contributed by atoms with Crippen LogP contribution in [-0.2, 0) is 11.8 Å². The molecule has 0 aliphatic carbocycles. The van der Waals surface area contributed by atoms with E-state index in [1.165, 1.54) is 11.8 Å². The van der Waals surface area contributed by atoms with Crippen LogP contribution in [0.2, 0.25) is 0 Å². The Hall–Kier alpha value is -2.67. The van der Waals surface area contributed by atoms with Crippen LogP contribution in [0.25, 0.3) is 0 Å². The Bertz CT molecular complexity index is 799. The van der Waals surface area contributed by atoms with Crippen LogP contribution in [0.4, 0.5) is 11.4 Å². The quantitative estimate of drug-likeness (QED) is 0.669. The second-order valence-electron chi connectivity index (χ2n) is 6.45. The average Bonchev–Trinajstić information content (AvgIpc) is 3.17. The van der Waals surface area contributed by atoms with Crippen LogP contribution in [0.5, 0.6) is 0 Å². The summed E-state index contributed by atoms with van der Waals surface area (Å²) in [4.78, 5) is 25.4. The van der Waals surface area contributed by atoms with E-state index in [0.717, 1.165) is 19.4 Å². The van der Waals surface area contributed by atoms with Gasteiger partial charge in [0, 0.05) is 25.0 Å². The Morgan fingerprint density at radius 3 is 2.84 bits per heavy atom. The topological polar surface area (TPSA) is 80.4 Å². The van der Waals surface area contributed by atoms with E-state index in [1.54, 1.807) is 19.1 Å². The molecule has 7 heteroatoms. The summed E-state index contributed by atoms with van der Waals surface area (Å²) in [5.74, 6) is -0.224. The van der Waals surface area contributed by atoms with Gasteiger partial charge in [0.2, 0.25) is 5.91 Å². The van der Waals surface area contributed by atoms with E-state index >= 15 is 0 Å². The molecule has 1 saturated heterocycles. The van der Waals surface area contributed by atoms with Crippen molar-refractivity contribution in [2.24, 2.45) is 7.05 Å². The minimum Gasteiger partial charge on any atom is -0.353 e. The predicted octanol–water partition coefficient (Wildman–Crippen LogP) is 3.02. The van der Waals surface area contributed by atoms with Gasteiger partial charge < -0.3 is 9.88 Å². The molecule has 1 aliphatic rings. The lowest BCUT2D eigenvalue weighted by molar-refractivity contribution is -0.384. The van der Waals surface area contributed by atoms with Gasteiger partial charge in [0.05, 0.1) is 17.5 Å². The predicted molar refractivity (Wildman–Crippen MR) is 95.4 cm³/mol. The van der Waals surface area contributed by atoms with Crippen LogP contribution < -0.4 is 5.32 Å². The van der Waals surface area contributed by atoms with E-state index in [-0.39, 0.29) is 29.9 Å². The molecule has 0 bridgehead atoms. The molecule has 0 unspecified atom stereocenters. The summed E-state index contributed by atoms with van der Waals surface area (Å²) in [7, 11) is 2.00. The number of hydrogen-bond donors (Lipinski definition) is 1. The highest BCUT2D eigenvalue weighted by Gasteiger charge is 2.29. The van der Waals surface area contributed by atoms with E-state index in [0.29, 0.717) is 5.56 Å². The maximum Gasteiger partial charge on any atom is 0.293 e. The van der Waals surface area contributed by atoms with Crippen molar-refractivity contribution in [1.82, 2.24) is 9.47 Å². The maximum absolute atomic E-state index is 12.5. The van der Waals surface area contributed by atoms with Crippen molar-refractivity contribution in [2.45, 2.75) is 25.8 Å². The molecule has 1 atom stereocenters. The second kappa shape index (κ2) is 7.06. The van der Waals surface area contributed by atoms with E-state index in [4.69, 9.17) is 0 Å². The third-order valence-electron chi connectivity index (χ3n) is 4.75. The van der Waals surface area contributed by atoms with Gasteiger partial charge in [-0.25, -0.2) is 0 Å². The first kappa shape index (κ1) is 17.2. The number of nitro groups is 1. The monoisotopic (exact) mass is 342 g/mol. The van der Waals surface area contributed by atoms with Gasteiger partial charge in [-0.1, -0.05) is 12.1 Å². The van der Waals surface area contributed by atoms with E-state index < -0.39 is 4.92 Å². The number of benzene rings is 1. The summed E-state index contributed by atoms with van der Waals surface area (Å²) in [6.45, 7) is 2.83. The number of hydrogen-bond acceptors (Lipinski definition) is 4. The Morgan fingerprint density at radius 1 is 1.36 bits per heavy atom. The lowest BCUT2D eigenvalue weighted by atomic mass is 10.1. The highest BCUT2D eigenvalue weighted by atomic mass is 16.6. The van der Waals surface area contributed by atoms with Crippen molar-refractivity contribution < 1.29 is 9.72 Å². The van der Waals surface area contributed by atoms with Gasteiger partial charge in [0.25, 0.3) is 5.69 Å². The molecular weight excluding hydrogens is 320 g/mol. The van der Waals surface area contributed by atoms with Gasteiger partial charge in [-0.3, -0.25) is 19.8 Å². The summed E-state index contributed by atoms with van der Waals surface area (Å²) in [5.41, 5.74) is 2.08. The van der Waals surface area contributed by atoms with E-state index in [1.807, 2.05) is 19.3 Å². The van der Waals surface area contributed by atoms with Crippen LogP contribution in [0, 0.1) is 17.0 Å². The smallest absolute Gasteiger partial charge is 0.293 e. The highest BCUT2D eigenvalue weighted by Crippen LogP contribution is 2.32. The van der Waals surface area contributed by atoms with Gasteiger partial charge in [-0.2, -0.15) is 0 Å². The fourth-order valence-corrected chi connectivity index (χ4v) is 3.50. The largest absolute Gasteiger partial charge is 0.353 e. The summed E-state index contributed by atoms with van der Waals surface area (Å²) in [6.07, 6.45) is 4.05. The van der Waals surface area contributed by atoms with Crippen molar-refractivity contribution in [3.63, 3.8) is 0 Å². The number of nitrogens with one attached hydrogen (secondary N) is 1. The first-order valence-corrected chi connectivity index (χ1v) is 8.36. The van der Waals surface area contributed by atoms with Crippen molar-refractivity contribution in [3.05, 3.63) is 57.9 Å². The van der Waals surface area contributed by atoms with Crippen LogP contribution in [-0.4, -0.2) is 33.4 Å². The number of anilines is 1. The third kappa shape index (κ3) is 3.56. The van der Waals surface area contributed by atoms with Crippen LogP contribution in [0.1, 0.15) is 30.1 Å². The van der Waals surface area contributed by atoms with Crippen molar-refractivity contribution >= 4 is 17.3 Å². The molecule has 1 aliphatic heterocycles. The first-order chi connectivity index (χ1) is 12.0. The highest BCUT2D eigenvalue weighted by molar-refractivity contribution is 5.95. The SMILES string of the molecule is Cc1cccc([N+](=O)[O-])c1NC(=O)CN1CCC[C@H]1c1cccn1C. The molecule has 2 heterocycles. The molecule has 0 radical (unpaired) electrons. The Kier molecular flexibility index (Phi) is 4.85. The number of nitro benzene ring substituents is 1. The fourth-order valence-electron chi connectivity index (χ4n) is 3.50. The molecule has 0 saturated carbocycles. The third-order valence-corrected chi connectivity index (χ3v) is 4.75. The van der Waals surface area contributed by atoms with Crippen molar-refractivity contribution in [3.8, 4) is 0 Å². The second-order valence-corrected chi connectivity index (χ2v) is 6.45. The number of aromatic nitrogens is 1. The Labute approximate surface area is 146 Å². The number of rotatable bonds is 5. The molecule has 1 amide bonds. The van der Waals surface area contributed by atoms with Gasteiger partial charge >= 0.3 is 0 Å². The lowest BCUT2D eigenvalue weighted by Gasteiger charge is -2.24.